The SMILES string of the molecule is CCc1cc(O[Si](C)(C)C(C)(C)C)ccc1N=C(N)c1cnn2cc(-c3ccc(OC)nc3)cc2c1NC1CCCC(NS(=O)C(C)(C)C)[C@H]1C. The van der Waals surface area contributed by atoms with E-state index in [9.17, 15) is 4.21 Å². The van der Waals surface area contributed by atoms with Gasteiger partial charge in [0.1, 0.15) is 11.6 Å². The average molecular weight is 732 g/mol. The fourth-order valence-electron chi connectivity index (χ4n) is 6.12. The first-order chi connectivity index (χ1) is 23.9. The largest absolute Gasteiger partial charge is 0.543 e. The van der Waals surface area contributed by atoms with Gasteiger partial charge in [0.05, 0.1) is 51.5 Å². The van der Waals surface area contributed by atoms with Crippen molar-refractivity contribution in [2.45, 2.75) is 116 Å². The second-order valence-electron chi connectivity index (χ2n) is 16.2. The van der Waals surface area contributed by atoms with E-state index in [-0.39, 0.29) is 27.8 Å². The zero-order valence-corrected chi connectivity index (χ0v) is 34.1. The van der Waals surface area contributed by atoms with Crippen molar-refractivity contribution in [3.05, 3.63) is 66.1 Å². The maximum atomic E-state index is 13.1. The van der Waals surface area contributed by atoms with Crippen molar-refractivity contribution >= 4 is 42.0 Å². The molecule has 276 valence electrons. The highest BCUT2D eigenvalue weighted by Crippen LogP contribution is 2.39. The molecule has 0 spiro atoms. The van der Waals surface area contributed by atoms with Gasteiger partial charge in [-0.3, -0.25) is 0 Å². The summed E-state index contributed by atoms with van der Waals surface area (Å²) in [5.41, 5.74) is 13.2. The van der Waals surface area contributed by atoms with Crippen LogP contribution in [0.3, 0.4) is 0 Å². The van der Waals surface area contributed by atoms with Crippen LogP contribution in [-0.2, 0) is 17.4 Å². The maximum Gasteiger partial charge on any atom is 0.250 e. The Bertz CT molecular complexity index is 1890. The molecule has 3 aromatic heterocycles. The smallest absolute Gasteiger partial charge is 0.250 e. The normalized spacial score (nSPS) is 19.6. The Kier molecular flexibility index (Phi) is 11.4. The highest BCUT2D eigenvalue weighted by atomic mass is 32.2. The summed E-state index contributed by atoms with van der Waals surface area (Å²) in [7, 11) is -1.56. The van der Waals surface area contributed by atoms with Crippen LogP contribution in [0.2, 0.25) is 18.1 Å². The quantitative estimate of drug-likeness (QED) is 0.0803. The summed E-state index contributed by atoms with van der Waals surface area (Å²) in [4.78, 5) is 9.44. The molecule has 0 saturated heterocycles. The van der Waals surface area contributed by atoms with Gasteiger partial charge in [-0.2, -0.15) is 5.10 Å². The third-order valence-corrected chi connectivity index (χ3v) is 16.5. The Balaban J connectivity index is 1.55. The zero-order valence-electron chi connectivity index (χ0n) is 32.3. The molecule has 1 aromatic carbocycles. The van der Waals surface area contributed by atoms with Gasteiger partial charge in [-0.25, -0.2) is 23.4 Å². The van der Waals surface area contributed by atoms with Crippen LogP contribution in [-0.4, -0.2) is 56.9 Å². The van der Waals surface area contributed by atoms with E-state index in [1.807, 2.05) is 55.7 Å². The van der Waals surface area contributed by atoms with Crippen LogP contribution in [0.25, 0.3) is 16.6 Å². The van der Waals surface area contributed by atoms with Gasteiger partial charge < -0.3 is 20.2 Å². The number of hydrogen-bond donors (Lipinski definition) is 3. The number of hydrogen-bond acceptors (Lipinski definition) is 7. The van der Waals surface area contributed by atoms with Crippen LogP contribution in [0.4, 0.5) is 11.4 Å². The molecule has 1 saturated carbocycles. The lowest BCUT2D eigenvalue weighted by molar-refractivity contribution is 0.286. The van der Waals surface area contributed by atoms with Gasteiger partial charge >= 0.3 is 0 Å². The van der Waals surface area contributed by atoms with E-state index in [0.29, 0.717) is 11.7 Å². The van der Waals surface area contributed by atoms with Crippen LogP contribution in [0.1, 0.15) is 85.8 Å². The fourth-order valence-corrected chi connectivity index (χ4v) is 8.10. The number of nitrogens with one attached hydrogen (secondary N) is 2. The molecular weight excluding hydrogens is 675 g/mol. The molecule has 4 aromatic rings. The summed E-state index contributed by atoms with van der Waals surface area (Å²) < 4.78 is 30.0. The minimum Gasteiger partial charge on any atom is -0.543 e. The van der Waals surface area contributed by atoms with E-state index in [1.165, 1.54) is 0 Å². The molecule has 0 bridgehead atoms. The number of aliphatic imine (C=N–C) groups is 1. The number of fused-ring (bicyclic) bond motifs is 1. The summed E-state index contributed by atoms with van der Waals surface area (Å²) >= 11 is 0. The van der Waals surface area contributed by atoms with E-state index >= 15 is 0 Å². The van der Waals surface area contributed by atoms with E-state index in [4.69, 9.17) is 25.0 Å². The Labute approximate surface area is 307 Å². The van der Waals surface area contributed by atoms with Crippen molar-refractivity contribution in [3.8, 4) is 22.8 Å². The van der Waals surface area contributed by atoms with Crippen LogP contribution >= 0.6 is 0 Å². The number of pyridine rings is 1. The predicted molar refractivity (Wildman–Crippen MR) is 214 cm³/mol. The van der Waals surface area contributed by atoms with Crippen molar-refractivity contribution in [1.82, 2.24) is 19.3 Å². The maximum absolute atomic E-state index is 13.1. The lowest BCUT2D eigenvalue weighted by atomic mass is 9.82. The van der Waals surface area contributed by atoms with Gasteiger partial charge in [0.2, 0.25) is 14.2 Å². The summed E-state index contributed by atoms with van der Waals surface area (Å²) in [6.07, 6.45) is 9.33. The Morgan fingerprint density at radius 3 is 2.41 bits per heavy atom. The van der Waals surface area contributed by atoms with Crippen molar-refractivity contribution in [2.24, 2.45) is 16.6 Å². The molecule has 0 aliphatic heterocycles. The Hall–Kier alpha value is -3.74. The highest BCUT2D eigenvalue weighted by molar-refractivity contribution is 7.84. The topological polar surface area (TPSA) is 128 Å². The third kappa shape index (κ3) is 8.66. The van der Waals surface area contributed by atoms with Crippen LogP contribution in [0, 0.1) is 5.92 Å². The van der Waals surface area contributed by atoms with E-state index < -0.39 is 19.3 Å². The van der Waals surface area contributed by atoms with Gasteiger partial charge in [-0.05, 0) is 106 Å². The Morgan fingerprint density at radius 1 is 1.06 bits per heavy atom. The number of methoxy groups -OCH3 is 1. The van der Waals surface area contributed by atoms with E-state index in [0.717, 1.165) is 70.6 Å². The monoisotopic (exact) mass is 731 g/mol. The fraction of sp³-hybridized carbons (Fsp3) is 0.513. The number of anilines is 1. The highest BCUT2D eigenvalue weighted by Gasteiger charge is 2.39. The minimum absolute atomic E-state index is 0.0911. The number of nitrogens with zero attached hydrogens (tertiary/aromatic N) is 4. The van der Waals surface area contributed by atoms with Crippen molar-refractivity contribution in [1.29, 1.82) is 0 Å². The first-order valence-electron chi connectivity index (χ1n) is 18.0. The molecular formula is C39H57N7O3SSi. The lowest BCUT2D eigenvalue weighted by Crippen LogP contribution is -2.49. The number of aryl methyl sites for hydroxylation is 1. The number of aromatic nitrogens is 3. The number of benzene rings is 1. The summed E-state index contributed by atoms with van der Waals surface area (Å²) in [5.74, 6) is 2.00. The van der Waals surface area contributed by atoms with Crippen molar-refractivity contribution < 1.29 is 13.4 Å². The van der Waals surface area contributed by atoms with E-state index in [1.54, 1.807) is 19.5 Å². The average Bonchev–Trinajstić information content (AvgIpc) is 3.51. The molecule has 51 heavy (non-hydrogen) atoms. The molecule has 5 rings (SSSR count). The molecule has 12 heteroatoms. The minimum atomic E-state index is -2.01. The molecule has 0 radical (unpaired) electrons. The molecule has 10 nitrogen and oxygen atoms in total. The molecule has 3 unspecified atom stereocenters. The molecule has 4 N–H and O–H groups in total. The van der Waals surface area contributed by atoms with Crippen LogP contribution in [0.15, 0.2) is 60.0 Å². The predicted octanol–water partition coefficient (Wildman–Crippen LogP) is 8.41. The first kappa shape index (κ1) is 38.5. The summed E-state index contributed by atoms with van der Waals surface area (Å²) in [6.45, 7) is 21.6. The number of rotatable bonds is 11. The van der Waals surface area contributed by atoms with Crippen LogP contribution < -0.4 is 24.9 Å². The first-order valence-corrected chi connectivity index (χ1v) is 22.1. The molecule has 3 heterocycles. The zero-order chi connectivity index (χ0) is 37.3. The van der Waals surface area contributed by atoms with Gasteiger partial charge in [0, 0.05) is 41.7 Å². The second kappa shape index (κ2) is 15.1. The van der Waals surface area contributed by atoms with Crippen molar-refractivity contribution in [3.63, 3.8) is 0 Å². The number of amidine groups is 1. The van der Waals surface area contributed by atoms with Gasteiger partial charge in [0.25, 0.3) is 0 Å². The van der Waals surface area contributed by atoms with Gasteiger partial charge in [0.15, 0.2) is 0 Å². The van der Waals surface area contributed by atoms with E-state index in [2.05, 4.69) is 74.9 Å². The molecule has 1 fully saturated rings. The number of nitrogens with two attached hydrogens (primary N) is 1. The summed E-state index contributed by atoms with van der Waals surface area (Å²) in [5, 5.41) is 8.79. The standard InChI is InChI=1S/C39H57N7O3SSi/c1-12-26-20-29(49-51(10,11)39(6,7)8)17-18-33(26)44-37(40)30-23-42-46-24-28(27-16-19-35(48-9)41-22-27)21-34(46)36(30)43-31-14-13-15-32(25(31)2)45-50(47)38(3,4)5/h16-25,31-32,43,45H,12-15H2,1-11H3,(H2,40,44)/t25-,31?,32?,50?/m0/s1. The van der Waals surface area contributed by atoms with Crippen molar-refractivity contribution in [2.75, 3.05) is 12.4 Å². The number of ether oxygens (including phenoxy) is 1. The van der Waals surface area contributed by atoms with Crippen LogP contribution in [0.5, 0.6) is 11.6 Å². The molecule has 0 amide bonds. The molecule has 4 atom stereocenters. The Morgan fingerprint density at radius 2 is 1.78 bits per heavy atom. The lowest BCUT2D eigenvalue weighted by Gasteiger charge is -2.38. The van der Waals surface area contributed by atoms with Gasteiger partial charge in [-0.1, -0.05) is 34.6 Å². The van der Waals surface area contributed by atoms with Gasteiger partial charge in [-0.15, -0.1) is 0 Å². The summed E-state index contributed by atoms with van der Waals surface area (Å²) in [6, 6.07) is 12.3. The molecule has 1 aliphatic carbocycles. The molecule has 1 aliphatic rings. The second-order valence-corrected chi connectivity index (χ2v) is 23.0. The third-order valence-electron chi connectivity index (χ3n) is 10.5.